The van der Waals surface area contributed by atoms with Gasteiger partial charge in [0.2, 0.25) is 21.8 Å². The third-order valence-electron chi connectivity index (χ3n) is 5.52. The van der Waals surface area contributed by atoms with Crippen LogP contribution in [-0.2, 0) is 32.3 Å². The Bertz CT molecular complexity index is 1230. The highest BCUT2D eigenvalue weighted by molar-refractivity contribution is 7.92. The zero-order chi connectivity index (χ0) is 28.0. The minimum absolute atomic E-state index is 0.144. The van der Waals surface area contributed by atoms with E-state index in [4.69, 9.17) is 23.2 Å². The first-order valence-corrected chi connectivity index (χ1v) is 13.9. The molecule has 0 bridgehead atoms. The molecule has 204 valence electrons. The molecule has 2 rings (SSSR count). The SMILES string of the molecule is CCCCNC(=O)[C@@H](C)N(Cc1ccccc1Cl)C(=O)CN(c1cc(C(F)(F)F)ccc1Cl)S(C)(=O)=O. The van der Waals surface area contributed by atoms with Crippen molar-refractivity contribution in [3.8, 4) is 0 Å². The summed E-state index contributed by atoms with van der Waals surface area (Å²) < 4.78 is 65.6. The highest BCUT2D eigenvalue weighted by Gasteiger charge is 2.34. The number of carbonyl (C=O) groups excluding carboxylic acids is 2. The molecule has 0 spiro atoms. The number of benzene rings is 2. The highest BCUT2D eigenvalue weighted by Crippen LogP contribution is 2.36. The minimum Gasteiger partial charge on any atom is -0.354 e. The van der Waals surface area contributed by atoms with E-state index in [1.807, 2.05) is 6.92 Å². The summed E-state index contributed by atoms with van der Waals surface area (Å²) in [7, 11) is -4.27. The molecule has 0 radical (unpaired) electrons. The molecule has 0 heterocycles. The number of alkyl halides is 3. The van der Waals surface area contributed by atoms with E-state index < -0.39 is 51.9 Å². The van der Waals surface area contributed by atoms with Gasteiger partial charge in [0, 0.05) is 18.1 Å². The van der Waals surface area contributed by atoms with E-state index in [9.17, 15) is 31.2 Å². The van der Waals surface area contributed by atoms with Gasteiger partial charge in [-0.25, -0.2) is 8.42 Å². The van der Waals surface area contributed by atoms with Crippen LogP contribution in [0.5, 0.6) is 0 Å². The molecule has 7 nitrogen and oxygen atoms in total. The molecule has 0 fully saturated rings. The third-order valence-corrected chi connectivity index (χ3v) is 7.33. The number of amides is 2. The summed E-state index contributed by atoms with van der Waals surface area (Å²) in [6.45, 7) is 2.76. The van der Waals surface area contributed by atoms with Crippen molar-refractivity contribution in [3.63, 3.8) is 0 Å². The molecule has 0 saturated carbocycles. The smallest absolute Gasteiger partial charge is 0.354 e. The van der Waals surface area contributed by atoms with Gasteiger partial charge in [-0.1, -0.05) is 54.7 Å². The summed E-state index contributed by atoms with van der Waals surface area (Å²) in [5.74, 6) is -1.31. The molecule has 13 heteroatoms. The Morgan fingerprint density at radius 2 is 1.73 bits per heavy atom. The van der Waals surface area contributed by atoms with Crippen LogP contribution >= 0.6 is 23.2 Å². The molecule has 0 aliphatic carbocycles. The van der Waals surface area contributed by atoms with Gasteiger partial charge in [-0.15, -0.1) is 0 Å². The van der Waals surface area contributed by atoms with Crippen molar-refractivity contribution >= 4 is 50.7 Å². The Hall–Kier alpha value is -2.50. The maximum Gasteiger partial charge on any atom is 0.416 e. The van der Waals surface area contributed by atoms with Gasteiger partial charge in [-0.3, -0.25) is 13.9 Å². The second kappa shape index (κ2) is 12.8. The molecule has 0 saturated heterocycles. The van der Waals surface area contributed by atoms with Crippen LogP contribution in [0.1, 0.15) is 37.8 Å². The Morgan fingerprint density at radius 1 is 1.08 bits per heavy atom. The summed E-state index contributed by atoms with van der Waals surface area (Å²) in [5.41, 5.74) is -1.15. The quantitative estimate of drug-likeness (QED) is 0.373. The van der Waals surface area contributed by atoms with Gasteiger partial charge in [0.15, 0.2) is 0 Å². The summed E-state index contributed by atoms with van der Waals surface area (Å²) in [5, 5.41) is 2.75. The fourth-order valence-electron chi connectivity index (χ4n) is 3.40. The van der Waals surface area contributed by atoms with Crippen LogP contribution in [0.15, 0.2) is 42.5 Å². The second-order valence-electron chi connectivity index (χ2n) is 8.37. The van der Waals surface area contributed by atoms with Crippen molar-refractivity contribution in [3.05, 3.63) is 63.6 Å². The zero-order valence-corrected chi connectivity index (χ0v) is 22.8. The first-order chi connectivity index (χ1) is 17.2. The van der Waals surface area contributed by atoms with E-state index in [2.05, 4.69) is 5.32 Å². The third kappa shape index (κ3) is 8.51. The van der Waals surface area contributed by atoms with Crippen LogP contribution in [0.4, 0.5) is 18.9 Å². The average molecular weight is 582 g/mol. The molecule has 37 heavy (non-hydrogen) atoms. The van der Waals surface area contributed by atoms with E-state index in [1.54, 1.807) is 24.3 Å². The Labute approximate surface area is 224 Å². The maximum atomic E-state index is 13.5. The number of halogens is 5. The summed E-state index contributed by atoms with van der Waals surface area (Å²) in [4.78, 5) is 27.4. The van der Waals surface area contributed by atoms with Gasteiger partial charge in [-0.2, -0.15) is 13.2 Å². The summed E-state index contributed by atoms with van der Waals surface area (Å²) in [6.07, 6.45) is -2.48. The molecular weight excluding hydrogens is 554 g/mol. The number of hydrogen-bond donors (Lipinski definition) is 1. The molecule has 2 aromatic rings. The molecule has 1 N–H and O–H groups in total. The fraction of sp³-hybridized carbons (Fsp3) is 0.417. The topological polar surface area (TPSA) is 86.8 Å². The van der Waals surface area contributed by atoms with Gasteiger partial charge in [-0.05, 0) is 43.2 Å². The fourth-order valence-corrected chi connectivity index (χ4v) is 4.72. The molecule has 2 amide bonds. The van der Waals surface area contributed by atoms with Crippen molar-refractivity contribution < 1.29 is 31.2 Å². The Kier molecular flexibility index (Phi) is 10.7. The number of hydrogen-bond acceptors (Lipinski definition) is 4. The number of anilines is 1. The number of sulfonamides is 1. The number of nitrogens with zero attached hydrogens (tertiary/aromatic N) is 2. The van der Waals surface area contributed by atoms with Crippen LogP contribution in [-0.4, -0.2) is 50.5 Å². The van der Waals surface area contributed by atoms with Crippen molar-refractivity contribution in [2.45, 2.75) is 45.5 Å². The predicted octanol–water partition coefficient (Wildman–Crippen LogP) is 5.11. The van der Waals surface area contributed by atoms with Gasteiger partial charge >= 0.3 is 6.18 Å². The van der Waals surface area contributed by atoms with Gasteiger partial charge in [0.05, 0.1) is 22.5 Å². The van der Waals surface area contributed by atoms with Crippen LogP contribution in [0, 0.1) is 0 Å². The van der Waals surface area contributed by atoms with E-state index in [1.165, 1.54) is 6.92 Å². The Morgan fingerprint density at radius 3 is 2.30 bits per heavy atom. The molecular formula is C24H28Cl2F3N3O4S. The number of unbranched alkanes of at least 4 members (excludes halogenated alkanes) is 1. The minimum atomic E-state index is -4.77. The molecule has 0 aliphatic rings. The van der Waals surface area contributed by atoms with Crippen molar-refractivity contribution in [1.82, 2.24) is 10.2 Å². The highest BCUT2D eigenvalue weighted by atomic mass is 35.5. The average Bonchev–Trinajstić information content (AvgIpc) is 2.80. The summed E-state index contributed by atoms with van der Waals surface area (Å²) >= 11 is 12.3. The molecule has 2 aromatic carbocycles. The second-order valence-corrected chi connectivity index (χ2v) is 11.1. The van der Waals surface area contributed by atoms with Crippen molar-refractivity contribution in [2.24, 2.45) is 0 Å². The van der Waals surface area contributed by atoms with Crippen LogP contribution in [0.2, 0.25) is 10.0 Å². The predicted molar refractivity (Wildman–Crippen MR) is 138 cm³/mol. The maximum absolute atomic E-state index is 13.5. The normalized spacial score (nSPS) is 12.6. The largest absolute Gasteiger partial charge is 0.416 e. The monoisotopic (exact) mass is 581 g/mol. The van der Waals surface area contributed by atoms with Gasteiger partial charge in [0.25, 0.3) is 0 Å². The Balaban J connectivity index is 2.48. The van der Waals surface area contributed by atoms with Crippen LogP contribution in [0.3, 0.4) is 0 Å². The standard InChI is InChI=1S/C24H28Cl2F3N3O4S/c1-4-5-12-30-23(34)16(2)31(14-17-8-6-7-9-19(17)25)22(33)15-32(37(3,35)36)21-13-18(24(27,28)29)10-11-20(21)26/h6-11,13,16H,4-5,12,14-15H2,1-3H3,(H,30,34)/t16-/m1/s1. The van der Waals surface area contributed by atoms with Crippen LogP contribution < -0.4 is 9.62 Å². The lowest BCUT2D eigenvalue weighted by atomic mass is 10.1. The number of nitrogens with one attached hydrogen (secondary N) is 1. The van der Waals surface area contributed by atoms with E-state index >= 15 is 0 Å². The lowest BCUT2D eigenvalue weighted by Crippen LogP contribution is -2.51. The lowest BCUT2D eigenvalue weighted by molar-refractivity contribution is -0.139. The summed E-state index contributed by atoms with van der Waals surface area (Å²) in [6, 6.07) is 7.74. The van der Waals surface area contributed by atoms with Crippen molar-refractivity contribution in [1.29, 1.82) is 0 Å². The first-order valence-electron chi connectivity index (χ1n) is 11.3. The zero-order valence-electron chi connectivity index (χ0n) is 20.5. The first kappa shape index (κ1) is 30.7. The molecule has 0 unspecified atom stereocenters. The number of rotatable bonds is 11. The van der Waals surface area contributed by atoms with Crippen LogP contribution in [0.25, 0.3) is 0 Å². The van der Waals surface area contributed by atoms with Gasteiger partial charge < -0.3 is 10.2 Å². The molecule has 1 atom stereocenters. The van der Waals surface area contributed by atoms with E-state index in [-0.39, 0.29) is 11.6 Å². The van der Waals surface area contributed by atoms with Crippen molar-refractivity contribution in [2.75, 3.05) is 23.7 Å². The molecule has 0 aliphatic heterocycles. The molecule has 0 aromatic heterocycles. The lowest BCUT2D eigenvalue weighted by Gasteiger charge is -2.32. The van der Waals surface area contributed by atoms with E-state index in [0.717, 1.165) is 23.6 Å². The van der Waals surface area contributed by atoms with E-state index in [0.29, 0.717) is 40.0 Å². The number of carbonyl (C=O) groups is 2. The van der Waals surface area contributed by atoms with Gasteiger partial charge in [0.1, 0.15) is 12.6 Å².